The molecule has 0 N–H and O–H groups in total. The molecular weight excluding hydrogens is 304 g/mol. The summed E-state index contributed by atoms with van der Waals surface area (Å²) in [5.74, 6) is -0.501. The van der Waals surface area contributed by atoms with Crippen LogP contribution in [-0.2, 0) is 9.59 Å². The van der Waals surface area contributed by atoms with Crippen molar-refractivity contribution in [2.24, 2.45) is 17.8 Å². The van der Waals surface area contributed by atoms with Gasteiger partial charge >= 0.3 is 103 Å². The summed E-state index contributed by atoms with van der Waals surface area (Å²) >= 11 is 0. The molecule has 0 heterocycles. The van der Waals surface area contributed by atoms with E-state index in [1.165, 1.54) is 0 Å². The van der Waals surface area contributed by atoms with Gasteiger partial charge in [-0.1, -0.05) is 41.5 Å². The zero-order valence-corrected chi connectivity index (χ0v) is 20.5. The van der Waals surface area contributed by atoms with Gasteiger partial charge in [-0.2, -0.15) is 5.92 Å². The van der Waals surface area contributed by atoms with Gasteiger partial charge in [-0.25, -0.2) is 13.0 Å². The summed E-state index contributed by atoms with van der Waals surface area (Å²) in [6.45, 7) is 18.5. The minimum absolute atomic E-state index is 0. The van der Waals surface area contributed by atoms with E-state index in [2.05, 4.69) is 4.85 Å². The zero-order valence-electron chi connectivity index (χ0n) is 14.3. The second-order valence-electron chi connectivity index (χ2n) is 5.72. The maximum absolute atomic E-state index is 12.3. The van der Waals surface area contributed by atoms with Crippen molar-refractivity contribution in [3.63, 3.8) is 0 Å². The summed E-state index contributed by atoms with van der Waals surface area (Å²) in [7, 11) is 0. The van der Waals surface area contributed by atoms with E-state index in [4.69, 9.17) is 6.57 Å². The van der Waals surface area contributed by atoms with Crippen LogP contribution < -0.4 is 103 Å². The van der Waals surface area contributed by atoms with Crippen molar-refractivity contribution in [3.8, 4) is 0 Å². The molecule has 0 aromatic carbocycles. The van der Waals surface area contributed by atoms with Crippen LogP contribution in [0.15, 0.2) is 0 Å². The van der Waals surface area contributed by atoms with E-state index in [0.29, 0.717) is 0 Å². The molecule has 0 fully saturated rings. The minimum atomic E-state index is -1.15. The largest absolute Gasteiger partial charge is 1.00 e. The van der Waals surface area contributed by atoms with Gasteiger partial charge in [-0.15, -0.1) is 0 Å². The third-order valence-electron chi connectivity index (χ3n) is 3.08. The minimum Gasteiger partial charge on any atom is -0.336 e. The predicted molar refractivity (Wildman–Crippen MR) is 72.8 cm³/mol. The molecular formula is C15H24K2NO2+. The Labute approximate surface area is 209 Å². The summed E-state index contributed by atoms with van der Waals surface area (Å²) in [5.41, 5.74) is -1.15. The first kappa shape index (κ1) is 27.0. The Kier molecular flexibility index (Phi) is 16.9. The second-order valence-corrected chi connectivity index (χ2v) is 5.72. The topological polar surface area (TPSA) is 38.5 Å². The van der Waals surface area contributed by atoms with Crippen molar-refractivity contribution < 1.29 is 112 Å². The molecule has 5 heteroatoms. The van der Waals surface area contributed by atoms with Crippen molar-refractivity contribution >= 4 is 11.6 Å². The molecule has 0 radical (unpaired) electrons. The van der Waals surface area contributed by atoms with Crippen LogP contribution in [0.5, 0.6) is 0 Å². The van der Waals surface area contributed by atoms with Gasteiger partial charge in [0.2, 0.25) is 0 Å². The predicted octanol–water partition coefficient (Wildman–Crippen LogP) is -2.65. The molecule has 0 bridgehead atoms. The van der Waals surface area contributed by atoms with Gasteiger partial charge in [0.15, 0.2) is 11.3 Å². The molecule has 0 amide bonds. The van der Waals surface area contributed by atoms with Crippen LogP contribution in [0.3, 0.4) is 0 Å². The summed E-state index contributed by atoms with van der Waals surface area (Å²) < 4.78 is 0. The molecule has 0 aliphatic heterocycles. The van der Waals surface area contributed by atoms with Crippen LogP contribution >= 0.6 is 0 Å². The molecule has 0 saturated heterocycles. The molecule has 3 nitrogen and oxygen atoms in total. The Morgan fingerprint density at radius 3 is 1.80 bits per heavy atom. The van der Waals surface area contributed by atoms with Crippen LogP contribution in [0.2, 0.25) is 0 Å². The van der Waals surface area contributed by atoms with E-state index in [1.54, 1.807) is 20.3 Å². The van der Waals surface area contributed by atoms with Crippen molar-refractivity contribution in [1.29, 1.82) is 0 Å². The number of hydrogen-bond acceptors (Lipinski definition) is 2. The van der Waals surface area contributed by atoms with Gasteiger partial charge in [-0.05, 0) is 0 Å². The van der Waals surface area contributed by atoms with E-state index < -0.39 is 5.54 Å². The standard InChI is InChI=1S/C15H24NO2.2K/c1-10(2)9-15(16-7,12(5)6)14(18)8-13(17)11(3)4;;/h9-12H,8H2,1-6H3;;/q-1;2*+1. The molecule has 1 unspecified atom stereocenters. The summed E-state index contributed by atoms with van der Waals surface area (Å²) in [5, 5.41) is 0. The van der Waals surface area contributed by atoms with Gasteiger partial charge in [0.05, 0.1) is 6.42 Å². The summed E-state index contributed by atoms with van der Waals surface area (Å²) in [6.07, 6.45) is 1.64. The van der Waals surface area contributed by atoms with Crippen LogP contribution in [0.4, 0.5) is 0 Å². The maximum atomic E-state index is 12.3. The third-order valence-corrected chi connectivity index (χ3v) is 3.08. The molecule has 0 saturated carbocycles. The number of carbonyl (C=O) groups is 2. The fourth-order valence-electron chi connectivity index (χ4n) is 1.85. The molecule has 0 rings (SSSR count). The van der Waals surface area contributed by atoms with Crippen molar-refractivity contribution in [2.75, 3.05) is 0 Å². The average molecular weight is 329 g/mol. The molecule has 0 aliphatic rings. The van der Waals surface area contributed by atoms with Gasteiger partial charge in [0.1, 0.15) is 5.78 Å². The first-order chi connectivity index (χ1) is 8.17. The van der Waals surface area contributed by atoms with E-state index in [0.717, 1.165) is 0 Å². The summed E-state index contributed by atoms with van der Waals surface area (Å²) in [4.78, 5) is 27.6. The molecule has 0 aromatic heterocycles. The van der Waals surface area contributed by atoms with E-state index in [-0.39, 0.29) is 139 Å². The van der Waals surface area contributed by atoms with Crippen LogP contribution in [0, 0.1) is 30.7 Å². The van der Waals surface area contributed by atoms with Crippen molar-refractivity contribution in [1.82, 2.24) is 0 Å². The Hall–Kier alpha value is 2.10. The van der Waals surface area contributed by atoms with Gasteiger partial charge in [-0.3, -0.25) is 9.59 Å². The smallest absolute Gasteiger partial charge is 0.336 e. The molecule has 20 heavy (non-hydrogen) atoms. The SMILES string of the molecule is [C-]#[N+]C([CH-]C(C)C)(C(=O)CC(=O)C(C)C)C(C)C.[K+].[K+]. The maximum Gasteiger partial charge on any atom is 1.00 e. The second kappa shape index (κ2) is 12.5. The number of Topliss-reactive ketones (excluding diaryl/α,β-unsaturated/α-hetero) is 2. The Balaban J connectivity index is -0.00000144. The Morgan fingerprint density at radius 2 is 1.55 bits per heavy atom. The molecule has 0 aliphatic carbocycles. The Bertz CT molecular complexity index is 359. The fourth-order valence-corrected chi connectivity index (χ4v) is 1.85. The van der Waals surface area contributed by atoms with E-state index >= 15 is 0 Å². The number of nitrogens with zero attached hydrogens (tertiary/aromatic N) is 1. The zero-order chi connectivity index (χ0) is 14.5. The number of ketones is 2. The van der Waals surface area contributed by atoms with Gasteiger partial charge in [0, 0.05) is 11.8 Å². The van der Waals surface area contributed by atoms with Gasteiger partial charge in [0.25, 0.3) is 0 Å². The molecule has 1 atom stereocenters. The molecule has 0 aromatic rings. The summed E-state index contributed by atoms with van der Waals surface area (Å²) in [6, 6.07) is 0. The first-order valence-electron chi connectivity index (χ1n) is 6.48. The normalized spacial score (nSPS) is 13.2. The van der Waals surface area contributed by atoms with Crippen LogP contribution in [0.1, 0.15) is 48.0 Å². The third kappa shape index (κ3) is 8.10. The molecule has 0 spiro atoms. The van der Waals surface area contributed by atoms with Crippen molar-refractivity contribution in [3.05, 3.63) is 17.8 Å². The average Bonchev–Trinajstić information content (AvgIpc) is 2.24. The van der Waals surface area contributed by atoms with Gasteiger partial charge < -0.3 is 4.85 Å². The Morgan fingerprint density at radius 1 is 1.10 bits per heavy atom. The number of rotatable bonds is 7. The van der Waals surface area contributed by atoms with Crippen LogP contribution in [0.25, 0.3) is 4.85 Å². The number of hydrogen-bond donors (Lipinski definition) is 0. The van der Waals surface area contributed by atoms with Crippen molar-refractivity contribution in [2.45, 2.75) is 53.5 Å². The first-order valence-corrected chi connectivity index (χ1v) is 6.48. The quantitative estimate of drug-likeness (QED) is 0.291. The van der Waals surface area contributed by atoms with E-state index in [9.17, 15) is 9.59 Å². The molecule has 102 valence electrons. The van der Waals surface area contributed by atoms with E-state index in [1.807, 2.05) is 27.7 Å². The fraction of sp³-hybridized carbons (Fsp3) is 0.733. The monoisotopic (exact) mass is 328 g/mol. The van der Waals surface area contributed by atoms with Crippen LogP contribution in [-0.4, -0.2) is 17.1 Å². The number of carbonyl (C=O) groups excluding carboxylic acids is 2.